The Hall–Kier alpha value is -1.72. The van der Waals surface area contributed by atoms with Crippen molar-refractivity contribution in [1.82, 2.24) is 15.5 Å². The SMILES string of the molecule is CCNC(=NCCOc1ccccc1C(F)(F)F)NC1CCN(C(=O)CC)C1.I. The normalized spacial score (nSPS) is 16.9. The Labute approximate surface area is 186 Å². The maximum absolute atomic E-state index is 13.0. The van der Waals surface area contributed by atoms with Gasteiger partial charge in [0.15, 0.2) is 5.96 Å². The van der Waals surface area contributed by atoms with Crippen LogP contribution in [0.15, 0.2) is 29.3 Å². The van der Waals surface area contributed by atoms with E-state index in [1.165, 1.54) is 18.2 Å². The molecule has 1 saturated heterocycles. The molecule has 2 rings (SSSR count). The van der Waals surface area contributed by atoms with Crippen LogP contribution < -0.4 is 15.4 Å². The minimum Gasteiger partial charge on any atom is -0.491 e. The van der Waals surface area contributed by atoms with Gasteiger partial charge in [-0.15, -0.1) is 24.0 Å². The second-order valence-corrected chi connectivity index (χ2v) is 6.43. The van der Waals surface area contributed by atoms with Crippen LogP contribution in [-0.4, -0.2) is 55.6 Å². The first-order chi connectivity index (χ1) is 13.3. The van der Waals surface area contributed by atoms with Crippen molar-refractivity contribution in [2.45, 2.75) is 38.9 Å². The van der Waals surface area contributed by atoms with E-state index >= 15 is 0 Å². The Morgan fingerprint density at radius 3 is 2.69 bits per heavy atom. The molecule has 1 aliphatic rings. The molecule has 1 atom stereocenters. The standard InChI is InChI=1S/C19H27F3N4O2.HI/c1-3-17(27)26-11-9-14(13-26)25-18(23-4-2)24-10-12-28-16-8-6-5-7-15(16)19(20,21)22;/h5-8,14H,3-4,9-13H2,1-2H3,(H2,23,24,25);1H. The highest BCUT2D eigenvalue weighted by molar-refractivity contribution is 14.0. The maximum atomic E-state index is 13.0. The molecule has 0 aliphatic carbocycles. The van der Waals surface area contributed by atoms with Gasteiger partial charge in [0.1, 0.15) is 12.4 Å². The van der Waals surface area contributed by atoms with Gasteiger partial charge in [0, 0.05) is 32.1 Å². The van der Waals surface area contributed by atoms with Crippen molar-refractivity contribution < 1.29 is 22.7 Å². The molecule has 1 heterocycles. The van der Waals surface area contributed by atoms with Crippen molar-refractivity contribution in [3.8, 4) is 5.75 Å². The first kappa shape index (κ1) is 25.3. The number of amides is 1. The molecule has 0 aromatic heterocycles. The highest BCUT2D eigenvalue weighted by atomic mass is 127. The number of likely N-dealkylation sites (tertiary alicyclic amines) is 1. The quantitative estimate of drug-likeness (QED) is 0.247. The van der Waals surface area contributed by atoms with Gasteiger partial charge in [-0.05, 0) is 25.5 Å². The van der Waals surface area contributed by atoms with Crippen molar-refractivity contribution in [2.75, 3.05) is 32.8 Å². The van der Waals surface area contributed by atoms with Crippen molar-refractivity contribution >= 4 is 35.8 Å². The lowest BCUT2D eigenvalue weighted by molar-refractivity contribution is -0.139. The van der Waals surface area contributed by atoms with Gasteiger partial charge in [-0.3, -0.25) is 4.79 Å². The van der Waals surface area contributed by atoms with Crippen LogP contribution in [0.5, 0.6) is 5.75 Å². The highest BCUT2D eigenvalue weighted by Gasteiger charge is 2.34. The number of carbonyl (C=O) groups is 1. The molecule has 1 unspecified atom stereocenters. The van der Waals surface area contributed by atoms with Crippen molar-refractivity contribution in [2.24, 2.45) is 4.99 Å². The van der Waals surface area contributed by atoms with Gasteiger partial charge in [0.2, 0.25) is 5.91 Å². The Balaban J connectivity index is 0.00000420. The number of alkyl halides is 3. The van der Waals surface area contributed by atoms with Crippen molar-refractivity contribution in [3.05, 3.63) is 29.8 Å². The Morgan fingerprint density at radius 2 is 2.03 bits per heavy atom. The van der Waals surface area contributed by atoms with E-state index in [9.17, 15) is 18.0 Å². The number of nitrogens with one attached hydrogen (secondary N) is 2. The summed E-state index contributed by atoms with van der Waals surface area (Å²) in [5, 5.41) is 6.37. The number of halogens is 4. The zero-order chi connectivity index (χ0) is 20.6. The van der Waals surface area contributed by atoms with Gasteiger partial charge in [0.05, 0.1) is 12.1 Å². The van der Waals surface area contributed by atoms with E-state index in [0.29, 0.717) is 32.0 Å². The topological polar surface area (TPSA) is 66.0 Å². The fraction of sp³-hybridized carbons (Fsp3) is 0.579. The number of rotatable bonds is 7. The summed E-state index contributed by atoms with van der Waals surface area (Å²) >= 11 is 0. The van der Waals surface area contributed by atoms with Crippen LogP contribution in [-0.2, 0) is 11.0 Å². The van der Waals surface area contributed by atoms with E-state index in [2.05, 4.69) is 15.6 Å². The second kappa shape index (κ2) is 12.1. The number of hydrogen-bond acceptors (Lipinski definition) is 3. The molecule has 1 amide bonds. The number of benzene rings is 1. The summed E-state index contributed by atoms with van der Waals surface area (Å²) < 4.78 is 44.2. The molecule has 0 spiro atoms. The third-order valence-corrected chi connectivity index (χ3v) is 4.34. The first-order valence-electron chi connectivity index (χ1n) is 9.46. The molecule has 0 saturated carbocycles. The minimum absolute atomic E-state index is 0. The van der Waals surface area contributed by atoms with Crippen LogP contribution in [0.1, 0.15) is 32.3 Å². The Kier molecular flexibility index (Phi) is 10.5. The minimum atomic E-state index is -4.46. The summed E-state index contributed by atoms with van der Waals surface area (Å²) in [6, 6.07) is 5.22. The molecule has 164 valence electrons. The zero-order valence-electron chi connectivity index (χ0n) is 16.6. The molecule has 0 bridgehead atoms. The number of ether oxygens (including phenoxy) is 1. The third-order valence-electron chi connectivity index (χ3n) is 4.34. The number of para-hydroxylation sites is 1. The predicted octanol–water partition coefficient (Wildman–Crippen LogP) is 3.27. The number of guanidine groups is 1. The highest BCUT2D eigenvalue weighted by Crippen LogP contribution is 2.35. The predicted molar refractivity (Wildman–Crippen MR) is 117 cm³/mol. The summed E-state index contributed by atoms with van der Waals surface area (Å²) in [6.45, 7) is 5.96. The summed E-state index contributed by atoms with van der Waals surface area (Å²) in [5.41, 5.74) is -0.796. The number of hydrogen-bond donors (Lipinski definition) is 2. The summed E-state index contributed by atoms with van der Waals surface area (Å²) in [4.78, 5) is 17.9. The molecule has 2 N–H and O–H groups in total. The largest absolute Gasteiger partial charge is 0.491 e. The van der Waals surface area contributed by atoms with Crippen LogP contribution in [0.25, 0.3) is 0 Å². The van der Waals surface area contributed by atoms with Gasteiger partial charge in [-0.25, -0.2) is 4.99 Å². The molecular formula is C19H28F3IN4O2. The van der Waals surface area contributed by atoms with Crippen LogP contribution in [0.4, 0.5) is 13.2 Å². The van der Waals surface area contributed by atoms with Crippen LogP contribution >= 0.6 is 24.0 Å². The molecular weight excluding hydrogens is 500 g/mol. The lowest BCUT2D eigenvalue weighted by Crippen LogP contribution is -2.45. The molecule has 1 aromatic carbocycles. The van der Waals surface area contributed by atoms with Gasteiger partial charge in [0.25, 0.3) is 0 Å². The first-order valence-corrected chi connectivity index (χ1v) is 9.46. The third kappa shape index (κ3) is 7.90. The van der Waals surface area contributed by atoms with Gasteiger partial charge < -0.3 is 20.3 Å². The van der Waals surface area contributed by atoms with E-state index < -0.39 is 11.7 Å². The van der Waals surface area contributed by atoms with E-state index in [4.69, 9.17) is 4.74 Å². The van der Waals surface area contributed by atoms with Crippen molar-refractivity contribution in [3.63, 3.8) is 0 Å². The van der Waals surface area contributed by atoms with Crippen LogP contribution in [0, 0.1) is 0 Å². The summed E-state index contributed by atoms with van der Waals surface area (Å²) in [7, 11) is 0. The molecule has 1 aliphatic heterocycles. The average Bonchev–Trinajstić information content (AvgIpc) is 3.12. The number of nitrogens with zero attached hydrogens (tertiary/aromatic N) is 2. The zero-order valence-corrected chi connectivity index (χ0v) is 18.9. The van der Waals surface area contributed by atoms with Crippen LogP contribution in [0.2, 0.25) is 0 Å². The van der Waals surface area contributed by atoms with Crippen molar-refractivity contribution in [1.29, 1.82) is 0 Å². The molecule has 6 nitrogen and oxygen atoms in total. The number of aliphatic imine (C=N–C) groups is 1. The fourth-order valence-electron chi connectivity index (χ4n) is 2.98. The van der Waals surface area contributed by atoms with Gasteiger partial charge in [-0.1, -0.05) is 19.1 Å². The van der Waals surface area contributed by atoms with E-state index in [-0.39, 0.29) is 54.8 Å². The smallest absolute Gasteiger partial charge is 0.419 e. The molecule has 0 radical (unpaired) electrons. The average molecular weight is 528 g/mol. The van der Waals surface area contributed by atoms with Gasteiger partial charge >= 0.3 is 6.18 Å². The number of carbonyl (C=O) groups excluding carboxylic acids is 1. The molecule has 1 fully saturated rings. The fourth-order valence-corrected chi connectivity index (χ4v) is 2.98. The monoisotopic (exact) mass is 528 g/mol. The summed E-state index contributed by atoms with van der Waals surface area (Å²) in [6.07, 6.45) is -3.15. The Morgan fingerprint density at radius 1 is 1.31 bits per heavy atom. The maximum Gasteiger partial charge on any atom is 0.419 e. The molecule has 1 aromatic rings. The lowest BCUT2D eigenvalue weighted by atomic mass is 10.2. The van der Waals surface area contributed by atoms with Crippen LogP contribution in [0.3, 0.4) is 0 Å². The van der Waals surface area contributed by atoms with E-state index in [0.717, 1.165) is 12.5 Å². The van der Waals surface area contributed by atoms with E-state index in [1.807, 2.05) is 18.7 Å². The second-order valence-electron chi connectivity index (χ2n) is 6.43. The Bertz CT molecular complexity index is 686. The summed E-state index contributed by atoms with van der Waals surface area (Å²) in [5.74, 6) is 0.488. The van der Waals surface area contributed by atoms with Gasteiger partial charge in [-0.2, -0.15) is 13.2 Å². The lowest BCUT2D eigenvalue weighted by Gasteiger charge is -2.18. The molecule has 29 heavy (non-hydrogen) atoms. The van der Waals surface area contributed by atoms with E-state index in [1.54, 1.807) is 0 Å². The molecule has 10 heteroatoms.